The second-order valence-corrected chi connectivity index (χ2v) is 8.29. The lowest BCUT2D eigenvalue weighted by Crippen LogP contribution is -2.50. The molecule has 0 radical (unpaired) electrons. The molecule has 0 unspecified atom stereocenters. The van der Waals surface area contributed by atoms with Crippen molar-refractivity contribution in [1.82, 2.24) is 4.90 Å². The minimum Gasteiger partial charge on any atom is -0.481 e. The average molecular weight is 418 g/mol. The van der Waals surface area contributed by atoms with E-state index < -0.39 is 28.2 Å². The zero-order valence-corrected chi connectivity index (χ0v) is 16.7. The maximum absolute atomic E-state index is 12.9. The second-order valence-electron chi connectivity index (χ2n) is 7.34. The molecule has 156 valence electrons. The first-order chi connectivity index (χ1) is 12.8. The number of carboxylic acids is 1. The Hall–Kier alpha value is -2.56. The highest BCUT2D eigenvalue weighted by Gasteiger charge is 2.26. The van der Waals surface area contributed by atoms with E-state index in [1.54, 1.807) is 31.7 Å². The molecule has 0 saturated carbocycles. The highest BCUT2D eigenvalue weighted by molar-refractivity contribution is 7.81. The lowest BCUT2D eigenvalue weighted by atomic mass is 10.1. The molecule has 9 nitrogen and oxygen atoms in total. The molecule has 1 saturated heterocycles. The molecule has 0 spiro atoms. The number of halogens is 1. The predicted octanol–water partition coefficient (Wildman–Crippen LogP) is 1.96. The van der Waals surface area contributed by atoms with Crippen LogP contribution in [0.1, 0.15) is 26.3 Å². The van der Waals surface area contributed by atoms with Gasteiger partial charge in [-0.2, -0.15) is 8.42 Å². The summed E-state index contributed by atoms with van der Waals surface area (Å²) < 4.78 is 44.0. The second kappa shape index (κ2) is 8.21. The molecular weight excluding hydrogens is 395 g/mol. The Morgan fingerprint density at radius 1 is 1.14 bits per heavy atom. The molecule has 1 aromatic carbocycles. The molecule has 1 aromatic rings. The lowest BCUT2D eigenvalue weighted by molar-refractivity contribution is -0.136. The Labute approximate surface area is 163 Å². The molecule has 1 fully saturated rings. The Kier molecular flexibility index (Phi) is 6.37. The van der Waals surface area contributed by atoms with Gasteiger partial charge in [0.05, 0.1) is 6.42 Å². The van der Waals surface area contributed by atoms with Crippen LogP contribution < -0.4 is 9.08 Å². The van der Waals surface area contributed by atoms with Gasteiger partial charge >= 0.3 is 22.6 Å². The first kappa shape index (κ1) is 21.7. The van der Waals surface area contributed by atoms with E-state index in [-0.39, 0.29) is 17.7 Å². The number of hydrogen-bond acceptors (Lipinski definition) is 7. The van der Waals surface area contributed by atoms with E-state index in [9.17, 15) is 21.9 Å². The summed E-state index contributed by atoms with van der Waals surface area (Å²) in [6.45, 7) is 6.83. The Morgan fingerprint density at radius 3 is 2.25 bits per heavy atom. The zero-order valence-electron chi connectivity index (χ0n) is 15.8. The van der Waals surface area contributed by atoms with Gasteiger partial charge in [0.2, 0.25) is 0 Å². The smallest absolute Gasteiger partial charge is 0.481 e. The molecule has 1 aliphatic heterocycles. The van der Waals surface area contributed by atoms with Crippen LogP contribution >= 0.6 is 0 Å². The van der Waals surface area contributed by atoms with Crippen molar-refractivity contribution in [3.63, 3.8) is 0 Å². The van der Waals surface area contributed by atoms with Gasteiger partial charge in [0, 0.05) is 37.9 Å². The molecule has 28 heavy (non-hydrogen) atoms. The summed E-state index contributed by atoms with van der Waals surface area (Å²) in [5, 5.41) is 8.98. The van der Waals surface area contributed by atoms with Crippen molar-refractivity contribution >= 4 is 28.3 Å². The molecule has 2 rings (SSSR count). The fourth-order valence-electron chi connectivity index (χ4n) is 2.74. The predicted molar refractivity (Wildman–Crippen MR) is 98.5 cm³/mol. The van der Waals surface area contributed by atoms with Gasteiger partial charge in [-0.3, -0.25) is 4.79 Å². The summed E-state index contributed by atoms with van der Waals surface area (Å²) in [6.07, 6.45) is -0.812. The Balaban J connectivity index is 2.15. The number of piperazine rings is 1. The SMILES string of the molecule is CC(C)(C)OC(=O)N1CCN(c2cc(CC(=O)O)cc(OS(=O)(=O)F)c2)CC1. The summed E-state index contributed by atoms with van der Waals surface area (Å²) in [6, 6.07) is 4.03. The van der Waals surface area contributed by atoms with E-state index in [1.807, 2.05) is 4.90 Å². The van der Waals surface area contributed by atoms with Gasteiger partial charge < -0.3 is 23.8 Å². The van der Waals surface area contributed by atoms with Crippen LogP contribution in [0.2, 0.25) is 0 Å². The molecule has 1 amide bonds. The van der Waals surface area contributed by atoms with E-state index in [4.69, 9.17) is 9.84 Å². The monoisotopic (exact) mass is 418 g/mol. The number of benzene rings is 1. The van der Waals surface area contributed by atoms with Gasteiger partial charge in [0.1, 0.15) is 11.4 Å². The molecule has 1 heterocycles. The van der Waals surface area contributed by atoms with Gasteiger partial charge in [-0.15, -0.1) is 0 Å². The Morgan fingerprint density at radius 2 is 1.75 bits per heavy atom. The number of carbonyl (C=O) groups is 2. The highest BCUT2D eigenvalue weighted by Crippen LogP contribution is 2.27. The minimum atomic E-state index is -5.24. The number of nitrogens with zero attached hydrogens (tertiary/aromatic N) is 2. The van der Waals surface area contributed by atoms with Crippen LogP contribution in [0.3, 0.4) is 0 Å². The van der Waals surface area contributed by atoms with E-state index in [0.717, 1.165) is 6.07 Å². The summed E-state index contributed by atoms with van der Waals surface area (Å²) in [5.41, 5.74) is 0.128. The van der Waals surface area contributed by atoms with Crippen molar-refractivity contribution in [3.05, 3.63) is 23.8 Å². The van der Waals surface area contributed by atoms with Crippen LogP contribution in [0, 0.1) is 0 Å². The maximum Gasteiger partial charge on any atom is 0.488 e. The normalized spacial score (nSPS) is 15.3. The molecule has 1 aliphatic rings. The molecule has 1 N–H and O–H groups in total. The summed E-state index contributed by atoms with van der Waals surface area (Å²) in [5.74, 6) is -1.44. The lowest BCUT2D eigenvalue weighted by Gasteiger charge is -2.37. The van der Waals surface area contributed by atoms with Crippen molar-refractivity contribution < 1.29 is 35.9 Å². The van der Waals surface area contributed by atoms with Crippen molar-refractivity contribution in [2.45, 2.75) is 32.8 Å². The first-order valence-electron chi connectivity index (χ1n) is 8.55. The van der Waals surface area contributed by atoms with E-state index >= 15 is 0 Å². The van der Waals surface area contributed by atoms with Crippen LogP contribution in [0.25, 0.3) is 0 Å². The molecular formula is C17H23FN2O7S. The summed E-state index contributed by atoms with van der Waals surface area (Å²) in [4.78, 5) is 26.5. The van der Waals surface area contributed by atoms with E-state index in [2.05, 4.69) is 4.18 Å². The first-order valence-corrected chi connectivity index (χ1v) is 9.86. The molecule has 0 aromatic heterocycles. The molecule has 0 aliphatic carbocycles. The molecule has 0 atom stereocenters. The number of anilines is 1. The van der Waals surface area contributed by atoms with E-state index in [0.29, 0.717) is 31.9 Å². The van der Waals surface area contributed by atoms with Crippen molar-refractivity contribution in [1.29, 1.82) is 0 Å². The summed E-state index contributed by atoms with van der Waals surface area (Å²) >= 11 is 0. The number of hydrogen-bond donors (Lipinski definition) is 1. The number of aliphatic carboxylic acids is 1. The highest BCUT2D eigenvalue weighted by atomic mass is 32.3. The van der Waals surface area contributed by atoms with Crippen LogP contribution in [-0.4, -0.2) is 62.3 Å². The maximum atomic E-state index is 12.9. The third-order valence-corrected chi connectivity index (χ3v) is 4.19. The fraction of sp³-hybridized carbons (Fsp3) is 0.529. The Bertz CT molecular complexity index is 844. The van der Waals surface area contributed by atoms with Gasteiger partial charge in [-0.25, -0.2) is 4.79 Å². The third-order valence-electron chi connectivity index (χ3n) is 3.80. The van der Waals surface area contributed by atoms with Gasteiger partial charge in [0.15, 0.2) is 0 Å². The van der Waals surface area contributed by atoms with Gasteiger partial charge in [-0.1, -0.05) is 3.89 Å². The van der Waals surface area contributed by atoms with Crippen LogP contribution in [0.5, 0.6) is 5.75 Å². The van der Waals surface area contributed by atoms with Crippen LogP contribution in [0.15, 0.2) is 18.2 Å². The standard InChI is InChI=1S/C17H23FN2O7S/c1-17(2,3)26-16(23)20-6-4-19(5-7-20)13-8-12(10-15(21)22)9-14(11-13)27-28(18,24)25/h8-9,11H,4-7,10H2,1-3H3,(H,21,22). The summed E-state index contributed by atoms with van der Waals surface area (Å²) in [7, 11) is -5.24. The number of amides is 1. The van der Waals surface area contributed by atoms with Crippen molar-refractivity contribution in [2.75, 3.05) is 31.1 Å². The zero-order chi connectivity index (χ0) is 21.1. The minimum absolute atomic E-state index is 0.262. The van der Waals surface area contributed by atoms with Crippen LogP contribution in [-0.2, 0) is 26.5 Å². The van der Waals surface area contributed by atoms with Crippen LogP contribution in [0.4, 0.5) is 14.4 Å². The number of ether oxygens (including phenoxy) is 1. The van der Waals surface area contributed by atoms with Crippen molar-refractivity contribution in [2.24, 2.45) is 0 Å². The number of rotatable bonds is 5. The molecule has 0 bridgehead atoms. The van der Waals surface area contributed by atoms with Gasteiger partial charge in [0.25, 0.3) is 0 Å². The average Bonchev–Trinajstić information content (AvgIpc) is 2.50. The van der Waals surface area contributed by atoms with Crippen molar-refractivity contribution in [3.8, 4) is 5.75 Å². The fourth-order valence-corrected chi connectivity index (χ4v) is 3.07. The topological polar surface area (TPSA) is 113 Å². The van der Waals surface area contributed by atoms with Gasteiger partial charge in [-0.05, 0) is 38.5 Å². The number of carbonyl (C=O) groups excluding carboxylic acids is 1. The number of carboxylic acid groups (broad SMARTS) is 1. The molecule has 11 heteroatoms. The quantitative estimate of drug-likeness (QED) is 0.722. The largest absolute Gasteiger partial charge is 0.488 e. The third kappa shape index (κ3) is 6.87. The van der Waals surface area contributed by atoms with E-state index in [1.165, 1.54) is 6.07 Å².